The van der Waals surface area contributed by atoms with Crippen LogP contribution in [-0.4, -0.2) is 43.1 Å². The lowest BCUT2D eigenvalue weighted by Crippen LogP contribution is -2.45. The summed E-state index contributed by atoms with van der Waals surface area (Å²) >= 11 is 0. The molecule has 3 N–H and O–H groups in total. The van der Waals surface area contributed by atoms with Gasteiger partial charge in [-0.1, -0.05) is 12.8 Å². The molecule has 6 nitrogen and oxygen atoms in total. The van der Waals surface area contributed by atoms with Crippen molar-refractivity contribution in [3.05, 3.63) is 24.3 Å². The first-order valence-corrected chi connectivity index (χ1v) is 8.20. The summed E-state index contributed by atoms with van der Waals surface area (Å²) in [7, 11) is 0. The molecule has 0 saturated heterocycles. The fourth-order valence-electron chi connectivity index (χ4n) is 2.87. The molecule has 0 spiro atoms. The molecule has 1 fully saturated rings. The van der Waals surface area contributed by atoms with Gasteiger partial charge in [0.15, 0.2) is 0 Å². The predicted molar refractivity (Wildman–Crippen MR) is 88.9 cm³/mol. The number of rotatable bonds is 8. The maximum absolute atomic E-state index is 12.0. The summed E-state index contributed by atoms with van der Waals surface area (Å²) in [5.74, 6) is 0.778. The van der Waals surface area contributed by atoms with Crippen molar-refractivity contribution in [1.29, 1.82) is 0 Å². The highest BCUT2D eigenvalue weighted by molar-refractivity contribution is 5.89. The van der Waals surface area contributed by atoms with E-state index >= 15 is 0 Å². The van der Waals surface area contributed by atoms with Crippen molar-refractivity contribution in [2.75, 3.05) is 31.7 Å². The third-order valence-corrected chi connectivity index (χ3v) is 4.01. The number of aliphatic hydroxyl groups is 1. The van der Waals surface area contributed by atoms with Crippen molar-refractivity contribution in [3.63, 3.8) is 0 Å². The number of nitrogens with one attached hydrogen (secondary N) is 2. The van der Waals surface area contributed by atoms with Crippen molar-refractivity contribution in [3.8, 4) is 5.75 Å². The number of carbonyl (C=O) groups excluding carboxylic acids is 1. The van der Waals surface area contributed by atoms with Gasteiger partial charge in [-0.15, -0.1) is 0 Å². The molecule has 0 aromatic heterocycles. The van der Waals surface area contributed by atoms with Crippen LogP contribution in [0.2, 0.25) is 0 Å². The van der Waals surface area contributed by atoms with Gasteiger partial charge in [0, 0.05) is 12.2 Å². The van der Waals surface area contributed by atoms with E-state index in [1.807, 2.05) is 19.1 Å². The zero-order valence-electron chi connectivity index (χ0n) is 13.6. The van der Waals surface area contributed by atoms with E-state index in [0.717, 1.165) is 31.4 Å². The molecule has 1 aliphatic carbocycles. The SMILES string of the molecule is CCOc1ccc(NC(=O)NCC2(OCCO)CCCC2)cc1. The van der Waals surface area contributed by atoms with E-state index < -0.39 is 0 Å². The summed E-state index contributed by atoms with van der Waals surface area (Å²) < 4.78 is 11.1. The summed E-state index contributed by atoms with van der Waals surface area (Å²) in [6.45, 7) is 3.30. The Balaban J connectivity index is 1.81. The molecule has 0 unspecified atom stereocenters. The molecule has 1 saturated carbocycles. The van der Waals surface area contributed by atoms with Crippen molar-refractivity contribution in [1.82, 2.24) is 5.32 Å². The Morgan fingerprint density at radius 1 is 1.26 bits per heavy atom. The summed E-state index contributed by atoms with van der Waals surface area (Å²) in [6, 6.07) is 6.99. The molecule has 1 aromatic carbocycles. The average molecular weight is 322 g/mol. The summed E-state index contributed by atoms with van der Waals surface area (Å²) in [5, 5.41) is 14.6. The number of hydrogen-bond acceptors (Lipinski definition) is 4. The molecule has 0 atom stereocenters. The first-order valence-electron chi connectivity index (χ1n) is 8.20. The Kier molecular flexibility index (Phi) is 6.67. The molecule has 128 valence electrons. The van der Waals surface area contributed by atoms with Gasteiger partial charge in [0.2, 0.25) is 0 Å². The molecule has 0 radical (unpaired) electrons. The molecular weight excluding hydrogens is 296 g/mol. The smallest absolute Gasteiger partial charge is 0.319 e. The maximum Gasteiger partial charge on any atom is 0.319 e. The molecule has 1 aromatic rings. The van der Waals surface area contributed by atoms with Gasteiger partial charge in [0.25, 0.3) is 0 Å². The van der Waals surface area contributed by atoms with Gasteiger partial charge < -0.3 is 25.2 Å². The van der Waals surface area contributed by atoms with Crippen LogP contribution in [0.5, 0.6) is 5.75 Å². The van der Waals surface area contributed by atoms with Gasteiger partial charge in [-0.25, -0.2) is 4.79 Å². The first-order chi connectivity index (χ1) is 11.2. The largest absolute Gasteiger partial charge is 0.494 e. The van der Waals surface area contributed by atoms with Crippen molar-refractivity contribution in [2.24, 2.45) is 0 Å². The predicted octanol–water partition coefficient (Wildman–Crippen LogP) is 2.53. The van der Waals surface area contributed by atoms with Crippen molar-refractivity contribution >= 4 is 11.7 Å². The van der Waals surface area contributed by atoms with Crippen LogP contribution in [0.4, 0.5) is 10.5 Å². The Bertz CT molecular complexity index is 484. The van der Waals surface area contributed by atoms with E-state index in [9.17, 15) is 4.79 Å². The highest BCUT2D eigenvalue weighted by Crippen LogP contribution is 2.32. The van der Waals surface area contributed by atoms with Crippen LogP contribution in [0.15, 0.2) is 24.3 Å². The molecule has 0 aliphatic heterocycles. The number of hydrogen-bond donors (Lipinski definition) is 3. The molecule has 23 heavy (non-hydrogen) atoms. The van der Waals surface area contributed by atoms with Crippen LogP contribution in [0.1, 0.15) is 32.6 Å². The third kappa shape index (κ3) is 5.41. The Hall–Kier alpha value is -1.79. The lowest BCUT2D eigenvalue weighted by Gasteiger charge is -2.29. The number of benzene rings is 1. The first kappa shape index (κ1) is 17.6. The zero-order chi connectivity index (χ0) is 16.5. The van der Waals surface area contributed by atoms with E-state index in [4.69, 9.17) is 14.6 Å². The van der Waals surface area contributed by atoms with Crippen LogP contribution in [0, 0.1) is 0 Å². The summed E-state index contributed by atoms with van der Waals surface area (Å²) in [5.41, 5.74) is 0.376. The second-order valence-corrected chi connectivity index (χ2v) is 5.73. The number of anilines is 1. The van der Waals surface area contributed by atoms with E-state index in [-0.39, 0.29) is 18.2 Å². The second kappa shape index (κ2) is 8.74. The van der Waals surface area contributed by atoms with Crippen LogP contribution in [-0.2, 0) is 4.74 Å². The minimum Gasteiger partial charge on any atom is -0.494 e. The van der Waals surface area contributed by atoms with E-state index in [1.54, 1.807) is 12.1 Å². The number of ether oxygens (including phenoxy) is 2. The number of aliphatic hydroxyl groups excluding tert-OH is 1. The van der Waals surface area contributed by atoms with Crippen LogP contribution >= 0.6 is 0 Å². The Morgan fingerprint density at radius 3 is 2.57 bits per heavy atom. The van der Waals surface area contributed by atoms with E-state index in [2.05, 4.69) is 10.6 Å². The lowest BCUT2D eigenvalue weighted by atomic mass is 10.0. The van der Waals surface area contributed by atoms with E-state index in [0.29, 0.717) is 25.4 Å². The highest BCUT2D eigenvalue weighted by atomic mass is 16.5. The average Bonchev–Trinajstić information content (AvgIpc) is 3.03. The van der Waals surface area contributed by atoms with Gasteiger partial charge >= 0.3 is 6.03 Å². The molecule has 0 heterocycles. The normalized spacial score (nSPS) is 16.1. The molecule has 0 bridgehead atoms. The third-order valence-electron chi connectivity index (χ3n) is 4.01. The minimum atomic E-state index is -0.334. The van der Waals surface area contributed by atoms with E-state index in [1.165, 1.54) is 0 Å². The van der Waals surface area contributed by atoms with Gasteiger partial charge in [0.1, 0.15) is 5.75 Å². The number of carbonyl (C=O) groups is 1. The van der Waals surface area contributed by atoms with Gasteiger partial charge in [-0.05, 0) is 44.0 Å². The van der Waals surface area contributed by atoms with Crippen LogP contribution in [0.25, 0.3) is 0 Å². The monoisotopic (exact) mass is 322 g/mol. The second-order valence-electron chi connectivity index (χ2n) is 5.73. The van der Waals surface area contributed by atoms with Gasteiger partial charge in [0.05, 0.1) is 25.4 Å². The lowest BCUT2D eigenvalue weighted by molar-refractivity contribution is -0.0503. The molecular formula is C17H26N2O4. The quantitative estimate of drug-likeness (QED) is 0.687. The maximum atomic E-state index is 12.0. The fourth-order valence-corrected chi connectivity index (χ4v) is 2.87. The van der Waals surface area contributed by atoms with Crippen molar-refractivity contribution in [2.45, 2.75) is 38.2 Å². The fraction of sp³-hybridized carbons (Fsp3) is 0.588. The minimum absolute atomic E-state index is 0.000125. The Labute approximate surface area is 137 Å². The van der Waals surface area contributed by atoms with Crippen LogP contribution in [0.3, 0.4) is 0 Å². The van der Waals surface area contributed by atoms with Gasteiger partial charge in [-0.2, -0.15) is 0 Å². The van der Waals surface area contributed by atoms with Crippen LogP contribution < -0.4 is 15.4 Å². The summed E-state index contributed by atoms with van der Waals surface area (Å²) in [6.07, 6.45) is 4.01. The standard InChI is InChI=1S/C17H26N2O4/c1-2-22-15-7-5-14(6-8-15)19-16(21)18-13-17(23-12-11-20)9-3-4-10-17/h5-8,20H,2-4,9-13H2,1H3,(H2,18,19,21). The molecule has 2 amide bonds. The molecule has 1 aliphatic rings. The summed E-state index contributed by atoms with van der Waals surface area (Å²) in [4.78, 5) is 12.0. The zero-order valence-corrected chi connectivity index (χ0v) is 13.6. The molecule has 2 rings (SSSR count). The van der Waals surface area contributed by atoms with Gasteiger partial charge in [-0.3, -0.25) is 0 Å². The number of amides is 2. The topological polar surface area (TPSA) is 79.8 Å². The van der Waals surface area contributed by atoms with Crippen molar-refractivity contribution < 1.29 is 19.4 Å². The number of urea groups is 1. The highest BCUT2D eigenvalue weighted by Gasteiger charge is 2.35. The molecule has 6 heteroatoms. The Morgan fingerprint density at radius 2 is 1.96 bits per heavy atom.